The molecule has 0 aliphatic carbocycles. The molecule has 0 radical (unpaired) electrons. The van der Waals surface area contributed by atoms with Crippen molar-refractivity contribution in [1.29, 1.82) is 0 Å². The second-order valence-corrected chi connectivity index (χ2v) is 10.7. The normalized spacial score (nSPS) is 21.9. The molecule has 2 unspecified atom stereocenters. The fraction of sp³-hybridized carbons (Fsp3) is 0.550. The molecule has 2 N–H and O–H groups in total. The molecule has 2 aliphatic rings. The smallest absolute Gasteiger partial charge is 0.442 e. The molecule has 0 saturated carbocycles. The average Bonchev–Trinajstić information content (AvgIpc) is 3.19. The number of nitrogens with one attached hydrogen (secondary N) is 2. The number of halogens is 10. The highest BCUT2D eigenvalue weighted by atomic mass is 35.6. The molecule has 2 saturated heterocycles. The number of benzene rings is 1. The van der Waals surface area contributed by atoms with Crippen molar-refractivity contribution >= 4 is 64.1 Å². The van der Waals surface area contributed by atoms with Crippen molar-refractivity contribution in [3.8, 4) is 0 Å². The predicted molar refractivity (Wildman–Crippen MR) is 125 cm³/mol. The standard InChI is InChI=1S/C20H19Cl3F7N5O4/c21-18(22,23)15(36)32-14(19(25,26)27)34-6-5-33(9-13(34)24)10-1-3-11(4-2-10)35-8-12(39-17(35)38)7-31-16(37)20(28,29)30/h1-4,12-14H,5-9H2,(H,31,37)(H,32,36)/t12?,13-,14?/m1/s1. The number of nitrogens with zero attached hydrogens (tertiary/aromatic N) is 3. The summed E-state index contributed by atoms with van der Waals surface area (Å²) < 4.78 is 94.8. The third-order valence-electron chi connectivity index (χ3n) is 5.67. The molecule has 0 aromatic heterocycles. The molecule has 19 heteroatoms. The number of amides is 3. The number of hydrogen-bond acceptors (Lipinski definition) is 6. The van der Waals surface area contributed by atoms with Crippen LogP contribution in [0.25, 0.3) is 0 Å². The van der Waals surface area contributed by atoms with Crippen LogP contribution < -0.4 is 20.4 Å². The summed E-state index contributed by atoms with van der Waals surface area (Å²) in [5, 5.41) is 3.12. The summed E-state index contributed by atoms with van der Waals surface area (Å²) in [6.07, 6.45) is -17.0. The minimum absolute atomic E-state index is 0.0945. The highest BCUT2D eigenvalue weighted by molar-refractivity contribution is 6.76. The molecule has 9 nitrogen and oxygen atoms in total. The second kappa shape index (κ2) is 11.6. The summed E-state index contributed by atoms with van der Waals surface area (Å²) in [4.78, 5) is 37.8. The summed E-state index contributed by atoms with van der Waals surface area (Å²) >= 11 is 16.0. The van der Waals surface area contributed by atoms with E-state index < -0.39 is 72.3 Å². The summed E-state index contributed by atoms with van der Waals surface area (Å²) in [5.74, 6) is -3.76. The van der Waals surface area contributed by atoms with E-state index in [0.29, 0.717) is 10.6 Å². The first-order valence-corrected chi connectivity index (χ1v) is 12.0. The van der Waals surface area contributed by atoms with Gasteiger partial charge in [-0.2, -0.15) is 26.3 Å². The fourth-order valence-electron chi connectivity index (χ4n) is 3.83. The van der Waals surface area contributed by atoms with Gasteiger partial charge in [-0.1, -0.05) is 34.8 Å². The zero-order valence-corrected chi connectivity index (χ0v) is 21.6. The van der Waals surface area contributed by atoms with Crippen LogP contribution in [0, 0.1) is 0 Å². The van der Waals surface area contributed by atoms with E-state index in [4.69, 9.17) is 39.5 Å². The van der Waals surface area contributed by atoms with Crippen LogP contribution in [0.4, 0.5) is 46.9 Å². The van der Waals surface area contributed by atoms with Crippen LogP contribution >= 0.6 is 34.8 Å². The average molecular weight is 633 g/mol. The number of carbonyl (C=O) groups excluding carboxylic acids is 3. The van der Waals surface area contributed by atoms with E-state index in [1.807, 2.05) is 0 Å². The molecule has 2 heterocycles. The number of alkyl halides is 10. The molecule has 2 aliphatic heterocycles. The Kier molecular flexibility index (Phi) is 9.24. The van der Waals surface area contributed by atoms with Gasteiger partial charge >= 0.3 is 24.4 Å². The maximum absolute atomic E-state index is 14.9. The van der Waals surface area contributed by atoms with Crippen molar-refractivity contribution in [2.45, 2.75) is 34.7 Å². The molecule has 218 valence electrons. The zero-order chi connectivity index (χ0) is 29.3. The maximum Gasteiger partial charge on any atom is 0.471 e. The number of ether oxygens (including phenoxy) is 1. The highest BCUT2D eigenvalue weighted by Crippen LogP contribution is 2.32. The van der Waals surface area contributed by atoms with Crippen LogP contribution in [-0.2, 0) is 14.3 Å². The Morgan fingerprint density at radius 3 is 2.08 bits per heavy atom. The number of cyclic esters (lactones) is 1. The first kappa shape index (κ1) is 31.1. The number of carbonyl (C=O) groups is 3. The molecule has 0 spiro atoms. The minimum Gasteiger partial charge on any atom is -0.442 e. The highest BCUT2D eigenvalue weighted by Gasteiger charge is 2.50. The Morgan fingerprint density at radius 2 is 1.56 bits per heavy atom. The van der Waals surface area contributed by atoms with Crippen LogP contribution in [0.3, 0.4) is 0 Å². The van der Waals surface area contributed by atoms with E-state index in [9.17, 15) is 45.1 Å². The first-order chi connectivity index (χ1) is 17.9. The SMILES string of the molecule is O=C1OC(CNC(=O)C(F)(F)F)CN1c1ccc(N2CCN(C(NC(=O)C(Cl)(Cl)Cl)C(F)(F)F)[C@@H](F)C2)cc1. The number of piperazine rings is 1. The van der Waals surface area contributed by atoms with Crippen molar-refractivity contribution < 1.29 is 49.9 Å². The lowest BCUT2D eigenvalue weighted by Gasteiger charge is -2.43. The van der Waals surface area contributed by atoms with Gasteiger partial charge in [0.1, 0.15) is 6.10 Å². The molecule has 3 atom stereocenters. The molecule has 3 rings (SSSR count). The van der Waals surface area contributed by atoms with Crippen LogP contribution in [0.5, 0.6) is 0 Å². The van der Waals surface area contributed by atoms with E-state index in [2.05, 4.69) is 0 Å². The van der Waals surface area contributed by atoms with Gasteiger partial charge < -0.3 is 20.3 Å². The van der Waals surface area contributed by atoms with Gasteiger partial charge in [0.25, 0.3) is 9.70 Å². The largest absolute Gasteiger partial charge is 0.471 e. The van der Waals surface area contributed by atoms with Gasteiger partial charge in [0, 0.05) is 24.5 Å². The summed E-state index contributed by atoms with van der Waals surface area (Å²) in [6.45, 7) is -1.83. The van der Waals surface area contributed by atoms with Gasteiger partial charge in [0.15, 0.2) is 12.5 Å². The number of anilines is 2. The van der Waals surface area contributed by atoms with Crippen molar-refractivity contribution in [3.63, 3.8) is 0 Å². The molecular formula is C20H19Cl3F7N5O4. The molecule has 1 aromatic rings. The van der Waals surface area contributed by atoms with Gasteiger partial charge in [-0.15, -0.1) is 0 Å². The zero-order valence-electron chi connectivity index (χ0n) is 19.3. The summed E-state index contributed by atoms with van der Waals surface area (Å²) in [7, 11) is 0. The van der Waals surface area contributed by atoms with Gasteiger partial charge in [0.2, 0.25) is 0 Å². The molecule has 2 fully saturated rings. The first-order valence-electron chi connectivity index (χ1n) is 10.9. The van der Waals surface area contributed by atoms with Gasteiger partial charge in [0.05, 0.1) is 19.6 Å². The Bertz CT molecular complexity index is 1070. The molecule has 0 bridgehead atoms. The topological polar surface area (TPSA) is 94.2 Å². The number of hydrogen-bond donors (Lipinski definition) is 2. The van der Waals surface area contributed by atoms with E-state index in [1.54, 1.807) is 5.32 Å². The summed E-state index contributed by atoms with van der Waals surface area (Å²) in [6, 6.07) is 5.75. The van der Waals surface area contributed by atoms with Crippen LogP contribution in [0.15, 0.2) is 24.3 Å². The molecule has 3 amide bonds. The Hall–Kier alpha value is -2.43. The van der Waals surface area contributed by atoms with E-state index in [0.717, 1.165) is 4.90 Å². The van der Waals surface area contributed by atoms with Crippen LogP contribution in [0.2, 0.25) is 0 Å². The predicted octanol–water partition coefficient (Wildman–Crippen LogP) is 3.48. The van der Waals surface area contributed by atoms with Crippen molar-refractivity contribution in [2.24, 2.45) is 0 Å². The lowest BCUT2D eigenvalue weighted by molar-refractivity contribution is -0.209. The number of rotatable bonds is 6. The van der Waals surface area contributed by atoms with E-state index in [-0.39, 0.29) is 18.8 Å². The fourth-order valence-corrected chi connectivity index (χ4v) is 3.99. The van der Waals surface area contributed by atoms with Crippen molar-refractivity contribution in [1.82, 2.24) is 15.5 Å². The van der Waals surface area contributed by atoms with Crippen LogP contribution in [0.1, 0.15) is 0 Å². The van der Waals surface area contributed by atoms with Gasteiger partial charge in [-0.3, -0.25) is 14.5 Å². The summed E-state index contributed by atoms with van der Waals surface area (Å²) in [5.41, 5.74) is 0.659. The third kappa shape index (κ3) is 7.83. The van der Waals surface area contributed by atoms with Crippen molar-refractivity contribution in [2.75, 3.05) is 42.5 Å². The molecule has 39 heavy (non-hydrogen) atoms. The minimum atomic E-state index is -5.09. The molecule has 1 aromatic carbocycles. The second-order valence-electron chi connectivity index (χ2n) is 8.37. The maximum atomic E-state index is 14.9. The van der Waals surface area contributed by atoms with Crippen molar-refractivity contribution in [3.05, 3.63) is 24.3 Å². The monoisotopic (exact) mass is 631 g/mol. The molecular weight excluding hydrogens is 614 g/mol. The third-order valence-corrected chi connectivity index (χ3v) is 6.19. The van der Waals surface area contributed by atoms with Crippen LogP contribution in [-0.4, -0.2) is 90.2 Å². The quantitative estimate of drug-likeness (QED) is 0.284. The lowest BCUT2D eigenvalue weighted by Crippen LogP contribution is -2.65. The van der Waals surface area contributed by atoms with E-state index in [1.165, 1.54) is 34.5 Å². The lowest BCUT2D eigenvalue weighted by atomic mass is 10.2. The Morgan fingerprint density at radius 1 is 0.974 bits per heavy atom. The van der Waals surface area contributed by atoms with Gasteiger partial charge in [-0.25, -0.2) is 14.1 Å². The van der Waals surface area contributed by atoms with E-state index >= 15 is 0 Å². The Balaban J connectivity index is 1.61. The Labute approximate surface area is 231 Å². The van der Waals surface area contributed by atoms with Gasteiger partial charge in [-0.05, 0) is 24.3 Å².